The van der Waals surface area contributed by atoms with Crippen LogP contribution in [0.25, 0.3) is 33.3 Å². The van der Waals surface area contributed by atoms with Crippen LogP contribution >= 0.6 is 0 Å². The summed E-state index contributed by atoms with van der Waals surface area (Å²) in [5.74, 6) is 0.00523. The van der Waals surface area contributed by atoms with Crippen molar-refractivity contribution in [2.45, 2.75) is 51.4 Å². The maximum atomic E-state index is 14.3. The average molecular weight is 611 g/mol. The van der Waals surface area contributed by atoms with E-state index in [2.05, 4.69) is 25.6 Å². The summed E-state index contributed by atoms with van der Waals surface area (Å²) in [5, 5.41) is 6.26. The number of methoxy groups -OCH3 is 1. The second-order valence-corrected chi connectivity index (χ2v) is 11.5. The predicted octanol–water partition coefficient (Wildman–Crippen LogP) is 7.30. The molecule has 3 heterocycles. The first kappa shape index (κ1) is 30.6. The van der Waals surface area contributed by atoms with Crippen LogP contribution in [0.15, 0.2) is 54.9 Å². The monoisotopic (exact) mass is 610 g/mol. The zero-order valence-electron chi connectivity index (χ0n) is 24.7. The number of alkyl halides is 3. The highest BCUT2D eigenvalue weighted by Crippen LogP contribution is 2.42. The van der Waals surface area contributed by atoms with Crippen LogP contribution in [0, 0.1) is 0 Å². The number of hydrogen-bond acceptors (Lipinski definition) is 7. The molecule has 44 heavy (non-hydrogen) atoms. The molecule has 2 aromatic carbocycles. The van der Waals surface area contributed by atoms with E-state index in [0.717, 1.165) is 11.8 Å². The van der Waals surface area contributed by atoms with Crippen molar-refractivity contribution >= 4 is 34.7 Å². The number of hydrogen-bond donors (Lipinski definition) is 3. The lowest BCUT2D eigenvalue weighted by atomic mass is 9.98. The molecular weight excluding hydrogens is 577 g/mol. The predicted molar refractivity (Wildman–Crippen MR) is 160 cm³/mol. The van der Waals surface area contributed by atoms with E-state index in [-0.39, 0.29) is 29.8 Å². The first-order valence-corrected chi connectivity index (χ1v) is 14.1. The summed E-state index contributed by atoms with van der Waals surface area (Å²) in [4.78, 5) is 37.7. The number of aromatic amines is 1. The Kier molecular flexibility index (Phi) is 8.40. The third-order valence-electron chi connectivity index (χ3n) is 7.10. The Morgan fingerprint density at radius 3 is 2.52 bits per heavy atom. The van der Waals surface area contributed by atoms with Gasteiger partial charge in [-0.1, -0.05) is 36.4 Å². The van der Waals surface area contributed by atoms with Gasteiger partial charge in [0.2, 0.25) is 5.95 Å². The van der Waals surface area contributed by atoms with Crippen molar-refractivity contribution < 1.29 is 32.2 Å². The molecule has 0 spiro atoms. The molecular formula is C31H33F3N6O4. The zero-order valence-corrected chi connectivity index (χ0v) is 24.7. The number of carbonyl (C=O) groups excluding carboxylic acids is 2. The number of amides is 2. The smallest absolute Gasteiger partial charge is 0.419 e. The van der Waals surface area contributed by atoms with Crippen LogP contribution in [0.2, 0.25) is 0 Å². The van der Waals surface area contributed by atoms with Gasteiger partial charge in [0.15, 0.2) is 0 Å². The van der Waals surface area contributed by atoms with Crippen LogP contribution < -0.4 is 10.6 Å². The molecule has 5 rings (SSSR count). The number of likely N-dealkylation sites (tertiary alicyclic amines) is 1. The van der Waals surface area contributed by atoms with Crippen molar-refractivity contribution in [3.05, 3.63) is 60.4 Å². The third kappa shape index (κ3) is 6.71. The van der Waals surface area contributed by atoms with Crippen molar-refractivity contribution in [2.24, 2.45) is 0 Å². The van der Waals surface area contributed by atoms with Crippen molar-refractivity contribution in [1.29, 1.82) is 0 Å². The normalized spacial score (nSPS) is 15.6. The van der Waals surface area contributed by atoms with Crippen molar-refractivity contribution in [1.82, 2.24) is 19.9 Å². The largest absolute Gasteiger partial charge is 0.453 e. The molecule has 1 aliphatic heterocycles. The van der Waals surface area contributed by atoms with Crippen LogP contribution in [-0.2, 0) is 15.7 Å². The molecule has 1 atom stereocenters. The number of aromatic nitrogens is 3. The van der Waals surface area contributed by atoms with Crippen molar-refractivity contribution in [3.63, 3.8) is 0 Å². The van der Waals surface area contributed by atoms with Gasteiger partial charge in [-0.25, -0.2) is 19.6 Å². The van der Waals surface area contributed by atoms with E-state index >= 15 is 0 Å². The van der Waals surface area contributed by atoms with Crippen LogP contribution in [0.4, 0.5) is 34.4 Å². The molecule has 1 aliphatic rings. The molecule has 0 radical (unpaired) electrons. The van der Waals surface area contributed by atoms with Crippen LogP contribution in [0.5, 0.6) is 0 Å². The minimum absolute atomic E-state index is 0.00523. The Labute approximate surface area is 252 Å². The molecule has 1 saturated heterocycles. The molecule has 10 nitrogen and oxygen atoms in total. The quantitative estimate of drug-likeness (QED) is 0.217. The number of benzene rings is 2. The molecule has 1 fully saturated rings. The van der Waals surface area contributed by atoms with Crippen molar-refractivity contribution in [3.8, 4) is 22.4 Å². The number of nitrogens with zero attached hydrogens (tertiary/aromatic N) is 3. The Morgan fingerprint density at radius 1 is 1.09 bits per heavy atom. The van der Waals surface area contributed by atoms with Gasteiger partial charge in [-0.05, 0) is 45.2 Å². The molecule has 0 bridgehead atoms. The average Bonchev–Trinajstić information content (AvgIpc) is 3.40. The van der Waals surface area contributed by atoms with E-state index in [1.165, 1.54) is 13.3 Å². The van der Waals surface area contributed by atoms with Crippen molar-refractivity contribution in [2.75, 3.05) is 30.8 Å². The van der Waals surface area contributed by atoms with Gasteiger partial charge in [0.05, 0.1) is 24.0 Å². The van der Waals surface area contributed by atoms with E-state index in [4.69, 9.17) is 9.47 Å². The Balaban J connectivity index is 1.53. The van der Waals surface area contributed by atoms with Gasteiger partial charge in [0, 0.05) is 48.0 Å². The summed E-state index contributed by atoms with van der Waals surface area (Å²) in [7, 11) is 1.24. The third-order valence-corrected chi connectivity index (χ3v) is 7.10. The zero-order chi connectivity index (χ0) is 31.6. The number of fused-ring (bicyclic) bond motifs is 1. The van der Waals surface area contributed by atoms with Gasteiger partial charge in [0.25, 0.3) is 0 Å². The molecule has 0 saturated carbocycles. The number of H-pyrrole nitrogens is 1. The summed E-state index contributed by atoms with van der Waals surface area (Å²) < 4.78 is 53.0. The fraction of sp³-hybridized carbons (Fsp3) is 0.355. The fourth-order valence-corrected chi connectivity index (χ4v) is 5.20. The number of anilines is 2. The standard InChI is InChI=1S/C31H33F3N6O4/c1-30(2,3)44-29(42)40-14-8-11-19(17-40)37-27-36-16-22(31(32,33)34)25(39-27)21-15-35-26-20(21)12-13-23(38-28(41)43-4)24(26)18-9-6-5-7-10-18/h5-7,9-10,12-13,15-16,19,35H,8,11,14,17H2,1-4H3,(H,38,41)(H,36,37,39)/t19-/m0/s1. The minimum Gasteiger partial charge on any atom is -0.453 e. The van der Waals surface area contributed by atoms with Crippen LogP contribution in [0.1, 0.15) is 39.2 Å². The summed E-state index contributed by atoms with van der Waals surface area (Å²) in [6.07, 6.45) is -2.29. The first-order valence-electron chi connectivity index (χ1n) is 14.1. The maximum absolute atomic E-state index is 14.3. The van der Waals surface area contributed by atoms with E-state index in [9.17, 15) is 22.8 Å². The molecule has 232 valence electrons. The summed E-state index contributed by atoms with van der Waals surface area (Å²) >= 11 is 0. The summed E-state index contributed by atoms with van der Waals surface area (Å²) in [6, 6.07) is 12.1. The highest BCUT2D eigenvalue weighted by molar-refractivity contribution is 6.09. The molecule has 2 amide bonds. The van der Waals surface area contributed by atoms with Gasteiger partial charge in [-0.15, -0.1) is 0 Å². The number of halogens is 3. The molecule has 0 aliphatic carbocycles. The van der Waals surface area contributed by atoms with Crippen LogP contribution in [0.3, 0.4) is 0 Å². The molecule has 2 aromatic heterocycles. The van der Waals surface area contributed by atoms with E-state index in [1.807, 2.05) is 30.3 Å². The minimum atomic E-state index is -4.73. The number of nitrogens with one attached hydrogen (secondary N) is 3. The van der Waals surface area contributed by atoms with Gasteiger partial charge in [-0.3, -0.25) is 5.32 Å². The Morgan fingerprint density at radius 2 is 1.84 bits per heavy atom. The second-order valence-electron chi connectivity index (χ2n) is 11.5. The van der Waals surface area contributed by atoms with Gasteiger partial charge >= 0.3 is 18.4 Å². The van der Waals surface area contributed by atoms with E-state index in [0.29, 0.717) is 41.5 Å². The lowest BCUT2D eigenvalue weighted by Gasteiger charge is -2.34. The lowest BCUT2D eigenvalue weighted by Crippen LogP contribution is -2.47. The number of ether oxygens (including phenoxy) is 2. The fourth-order valence-electron chi connectivity index (χ4n) is 5.20. The molecule has 0 unspecified atom stereocenters. The summed E-state index contributed by atoms with van der Waals surface area (Å²) in [6.45, 7) is 6.15. The second kappa shape index (κ2) is 12.1. The Bertz CT molecular complexity index is 1670. The Hall–Kier alpha value is -4.81. The highest BCUT2D eigenvalue weighted by atomic mass is 19.4. The molecule has 3 N–H and O–H groups in total. The van der Waals surface area contributed by atoms with Crippen LogP contribution in [-0.4, -0.2) is 63.9 Å². The van der Waals surface area contributed by atoms with E-state index in [1.54, 1.807) is 37.8 Å². The van der Waals surface area contributed by atoms with Gasteiger partial charge in [0.1, 0.15) is 11.2 Å². The summed E-state index contributed by atoms with van der Waals surface area (Å²) in [5.41, 5.74) is 0.460. The number of rotatable bonds is 5. The topological polar surface area (TPSA) is 121 Å². The number of carbonyl (C=O) groups is 2. The first-order chi connectivity index (χ1) is 20.8. The van der Waals surface area contributed by atoms with Gasteiger partial charge in [-0.2, -0.15) is 13.2 Å². The lowest BCUT2D eigenvalue weighted by molar-refractivity contribution is -0.137. The van der Waals surface area contributed by atoms with Gasteiger partial charge < -0.3 is 24.7 Å². The molecule has 13 heteroatoms. The highest BCUT2D eigenvalue weighted by Gasteiger charge is 2.37. The maximum Gasteiger partial charge on any atom is 0.419 e. The van der Waals surface area contributed by atoms with E-state index < -0.39 is 29.5 Å². The SMILES string of the molecule is COC(=O)Nc1ccc2c(-c3nc(N[C@H]4CCCN(C(=O)OC(C)(C)C)C4)ncc3C(F)(F)F)c[nH]c2c1-c1ccccc1. The molecule has 4 aromatic rings. The number of piperidine rings is 1.